The molecule has 1 unspecified atom stereocenters. The summed E-state index contributed by atoms with van der Waals surface area (Å²) >= 11 is 0. The van der Waals surface area contributed by atoms with E-state index in [9.17, 15) is 23.1 Å². The van der Waals surface area contributed by atoms with Crippen molar-refractivity contribution in [1.29, 1.82) is 0 Å². The fraction of sp³-hybridized carbons (Fsp3) is 0.571. The summed E-state index contributed by atoms with van der Waals surface area (Å²) in [6, 6.07) is 1.48. The predicted octanol–water partition coefficient (Wildman–Crippen LogP) is -0.0709. The van der Waals surface area contributed by atoms with E-state index in [1.165, 1.54) is 24.8 Å². The van der Waals surface area contributed by atoms with Crippen LogP contribution in [0.2, 0.25) is 0 Å². The van der Waals surface area contributed by atoms with Gasteiger partial charge in [-0.2, -0.15) is 0 Å². The van der Waals surface area contributed by atoms with Crippen molar-refractivity contribution in [2.75, 3.05) is 25.5 Å². The standard InChI is InChI=1S/C14H20N4O5S/c1-8-5-9(17-13(15-4)16-8)11(19)18-6-10(12(20)21)24(22,23)14(2,3)7-18/h5,10H,6-7H2,1-4H3,(H,20,21)(H,15,16,17). The predicted molar refractivity (Wildman–Crippen MR) is 86.6 cm³/mol. The second-order valence-electron chi connectivity index (χ2n) is 6.29. The van der Waals surface area contributed by atoms with Gasteiger partial charge in [-0.1, -0.05) is 0 Å². The number of aromatic nitrogens is 2. The molecule has 2 N–H and O–H groups in total. The molecule has 132 valence electrons. The molecule has 0 aromatic carbocycles. The van der Waals surface area contributed by atoms with Crippen LogP contribution in [0.25, 0.3) is 0 Å². The molecule has 1 aliphatic heterocycles. The van der Waals surface area contributed by atoms with Gasteiger partial charge in [-0.3, -0.25) is 9.59 Å². The average Bonchev–Trinajstić information content (AvgIpc) is 2.47. The molecule has 9 nitrogen and oxygen atoms in total. The van der Waals surface area contributed by atoms with Crippen molar-refractivity contribution in [3.05, 3.63) is 17.5 Å². The summed E-state index contributed by atoms with van der Waals surface area (Å²) in [5, 5.41) is 10.3. The molecule has 24 heavy (non-hydrogen) atoms. The van der Waals surface area contributed by atoms with Crippen molar-refractivity contribution in [3.8, 4) is 0 Å². The third-order valence-corrected chi connectivity index (χ3v) is 6.73. The van der Waals surface area contributed by atoms with E-state index < -0.39 is 38.3 Å². The van der Waals surface area contributed by atoms with Gasteiger partial charge in [-0.25, -0.2) is 18.4 Å². The monoisotopic (exact) mass is 356 g/mol. The van der Waals surface area contributed by atoms with E-state index in [1.807, 2.05) is 0 Å². The van der Waals surface area contributed by atoms with Gasteiger partial charge in [0.1, 0.15) is 5.69 Å². The summed E-state index contributed by atoms with van der Waals surface area (Å²) in [6.45, 7) is 4.03. The smallest absolute Gasteiger partial charge is 0.323 e. The first-order valence-electron chi connectivity index (χ1n) is 7.28. The van der Waals surface area contributed by atoms with Crippen molar-refractivity contribution in [1.82, 2.24) is 14.9 Å². The summed E-state index contributed by atoms with van der Waals surface area (Å²) in [4.78, 5) is 33.5. The Morgan fingerprint density at radius 2 is 2.00 bits per heavy atom. The number of rotatable bonds is 3. The summed E-state index contributed by atoms with van der Waals surface area (Å²) in [7, 11) is -2.30. The van der Waals surface area contributed by atoms with E-state index in [1.54, 1.807) is 14.0 Å². The van der Waals surface area contributed by atoms with Gasteiger partial charge in [0.15, 0.2) is 15.1 Å². The van der Waals surface area contributed by atoms with Crippen LogP contribution in [-0.2, 0) is 14.6 Å². The molecule has 1 atom stereocenters. The van der Waals surface area contributed by atoms with Crippen LogP contribution in [0.1, 0.15) is 30.0 Å². The molecular weight excluding hydrogens is 336 g/mol. The maximum atomic E-state index is 12.7. The lowest BCUT2D eigenvalue weighted by Gasteiger charge is -2.40. The molecule has 1 aromatic heterocycles. The second kappa shape index (κ2) is 6.00. The number of aryl methyl sites for hydroxylation is 1. The highest BCUT2D eigenvalue weighted by atomic mass is 32.2. The quantitative estimate of drug-likeness (QED) is 0.770. The second-order valence-corrected chi connectivity index (χ2v) is 9.05. The number of aliphatic carboxylic acids is 1. The van der Waals surface area contributed by atoms with Gasteiger partial charge in [0, 0.05) is 25.8 Å². The normalized spacial score (nSPS) is 22.0. The van der Waals surface area contributed by atoms with E-state index in [0.29, 0.717) is 5.69 Å². The lowest BCUT2D eigenvalue weighted by Crippen LogP contribution is -2.61. The number of hydrogen-bond acceptors (Lipinski definition) is 7. The summed E-state index contributed by atoms with van der Waals surface area (Å²) in [5.41, 5.74) is 0.655. The van der Waals surface area contributed by atoms with Crippen molar-refractivity contribution in [2.45, 2.75) is 30.8 Å². The van der Waals surface area contributed by atoms with E-state index in [4.69, 9.17) is 0 Å². The lowest BCUT2D eigenvalue weighted by molar-refractivity contribution is -0.137. The molecule has 1 aromatic rings. The first-order valence-corrected chi connectivity index (χ1v) is 8.83. The summed E-state index contributed by atoms with van der Waals surface area (Å²) < 4.78 is 23.4. The molecule has 0 aliphatic carbocycles. The minimum absolute atomic E-state index is 0.0890. The Kier molecular flexibility index (Phi) is 4.53. The third-order valence-electron chi connectivity index (χ3n) is 3.96. The zero-order valence-electron chi connectivity index (χ0n) is 13.9. The van der Waals surface area contributed by atoms with Crippen LogP contribution in [0.15, 0.2) is 6.07 Å². The molecule has 2 rings (SSSR count). The topological polar surface area (TPSA) is 130 Å². The van der Waals surface area contributed by atoms with Crippen LogP contribution in [0.5, 0.6) is 0 Å². The van der Waals surface area contributed by atoms with Crippen LogP contribution in [-0.4, -0.2) is 70.4 Å². The summed E-state index contributed by atoms with van der Waals surface area (Å²) in [6.07, 6.45) is 0. The number of carbonyl (C=O) groups excluding carboxylic acids is 1. The number of carboxylic acid groups (broad SMARTS) is 1. The van der Waals surface area contributed by atoms with Gasteiger partial charge in [0.2, 0.25) is 5.95 Å². The van der Waals surface area contributed by atoms with Gasteiger partial charge < -0.3 is 15.3 Å². The van der Waals surface area contributed by atoms with Crippen LogP contribution in [0, 0.1) is 6.92 Å². The molecule has 0 radical (unpaired) electrons. The number of carbonyl (C=O) groups is 2. The Balaban J connectivity index is 2.40. The minimum atomic E-state index is -3.91. The Morgan fingerprint density at radius 1 is 1.38 bits per heavy atom. The van der Waals surface area contributed by atoms with Gasteiger partial charge in [-0.15, -0.1) is 0 Å². The minimum Gasteiger partial charge on any atom is -0.480 e. The van der Waals surface area contributed by atoms with Crippen molar-refractivity contribution in [2.24, 2.45) is 0 Å². The molecule has 0 bridgehead atoms. The molecule has 10 heteroatoms. The average molecular weight is 356 g/mol. The molecule has 0 spiro atoms. The van der Waals surface area contributed by atoms with Crippen molar-refractivity contribution in [3.63, 3.8) is 0 Å². The number of sulfone groups is 1. The van der Waals surface area contributed by atoms with E-state index >= 15 is 0 Å². The lowest BCUT2D eigenvalue weighted by atomic mass is 10.1. The molecule has 1 amide bonds. The highest BCUT2D eigenvalue weighted by Crippen LogP contribution is 2.29. The first kappa shape index (κ1) is 18.1. The molecule has 1 saturated heterocycles. The molecule has 0 saturated carbocycles. The fourth-order valence-electron chi connectivity index (χ4n) is 2.62. The maximum Gasteiger partial charge on any atom is 0.323 e. The van der Waals surface area contributed by atoms with Crippen molar-refractivity contribution < 1.29 is 23.1 Å². The molecule has 1 aliphatic rings. The summed E-state index contributed by atoms with van der Waals surface area (Å²) in [5.74, 6) is -1.72. The Labute approximate surface area is 140 Å². The van der Waals surface area contributed by atoms with Gasteiger partial charge in [0.05, 0.1) is 4.75 Å². The fourth-order valence-corrected chi connectivity index (χ4v) is 4.36. The molecular formula is C14H20N4O5S. The van der Waals surface area contributed by atoms with Gasteiger partial charge in [0.25, 0.3) is 5.91 Å². The Bertz CT molecular complexity index is 790. The number of nitrogens with one attached hydrogen (secondary N) is 1. The highest BCUT2D eigenvalue weighted by Gasteiger charge is 2.51. The van der Waals surface area contributed by atoms with Crippen LogP contribution in [0.3, 0.4) is 0 Å². The number of nitrogens with zero attached hydrogens (tertiary/aromatic N) is 3. The van der Waals surface area contributed by atoms with Crippen LogP contribution < -0.4 is 5.32 Å². The molecule has 2 heterocycles. The zero-order valence-corrected chi connectivity index (χ0v) is 14.7. The first-order chi connectivity index (χ1) is 11.0. The zero-order chi connectivity index (χ0) is 18.3. The van der Waals surface area contributed by atoms with E-state index in [2.05, 4.69) is 15.3 Å². The van der Waals surface area contributed by atoms with Crippen LogP contribution in [0.4, 0.5) is 5.95 Å². The Morgan fingerprint density at radius 3 is 2.54 bits per heavy atom. The highest BCUT2D eigenvalue weighted by molar-refractivity contribution is 7.94. The maximum absolute atomic E-state index is 12.7. The Hall–Kier alpha value is -2.23. The van der Waals surface area contributed by atoms with Gasteiger partial charge in [-0.05, 0) is 26.8 Å². The van der Waals surface area contributed by atoms with Crippen LogP contribution >= 0.6 is 0 Å². The van der Waals surface area contributed by atoms with Gasteiger partial charge >= 0.3 is 5.97 Å². The van der Waals surface area contributed by atoms with Crippen molar-refractivity contribution >= 4 is 27.7 Å². The largest absolute Gasteiger partial charge is 0.480 e. The number of anilines is 1. The number of amides is 1. The van der Waals surface area contributed by atoms with E-state index in [-0.39, 0.29) is 18.2 Å². The van der Waals surface area contributed by atoms with E-state index in [0.717, 1.165) is 0 Å². The number of hydrogen-bond donors (Lipinski definition) is 2. The molecule has 1 fully saturated rings. The SMILES string of the molecule is CNc1nc(C)cc(C(=O)N2CC(C(=O)O)S(=O)(=O)C(C)(C)C2)n1. The third kappa shape index (κ3) is 3.05. The number of carboxylic acids is 1.